The molecule has 0 bridgehead atoms. The maximum absolute atomic E-state index is 12.3. The molecule has 0 spiro atoms. The highest BCUT2D eigenvalue weighted by Gasteiger charge is 2.13. The van der Waals surface area contributed by atoms with E-state index in [-0.39, 0.29) is 5.91 Å². The number of aryl methyl sites for hydroxylation is 1. The SMILES string of the molecule is Cc1ccc(CN(C)C(=O)c2ccc(Cl)c(N)c2)cc1. The van der Waals surface area contributed by atoms with Crippen molar-refractivity contribution < 1.29 is 4.79 Å². The van der Waals surface area contributed by atoms with Gasteiger partial charge >= 0.3 is 0 Å². The van der Waals surface area contributed by atoms with Crippen LogP contribution in [0.25, 0.3) is 0 Å². The van der Waals surface area contributed by atoms with Gasteiger partial charge in [0.25, 0.3) is 5.91 Å². The lowest BCUT2D eigenvalue weighted by molar-refractivity contribution is 0.0785. The molecule has 0 aromatic heterocycles. The summed E-state index contributed by atoms with van der Waals surface area (Å²) in [5.74, 6) is -0.0751. The molecule has 0 radical (unpaired) electrons. The molecular formula is C16H17ClN2O. The Bertz CT molecular complexity index is 623. The van der Waals surface area contributed by atoms with Crippen molar-refractivity contribution in [1.82, 2.24) is 4.90 Å². The maximum Gasteiger partial charge on any atom is 0.253 e. The molecule has 2 aromatic carbocycles. The highest BCUT2D eigenvalue weighted by Crippen LogP contribution is 2.20. The Morgan fingerprint density at radius 1 is 1.20 bits per heavy atom. The standard InChI is InChI=1S/C16H17ClN2O/c1-11-3-5-12(6-4-11)10-19(2)16(20)13-7-8-14(17)15(18)9-13/h3-9H,10,18H2,1-2H3. The minimum Gasteiger partial charge on any atom is -0.398 e. The minimum atomic E-state index is -0.0751. The second-order valence-electron chi connectivity index (χ2n) is 4.88. The summed E-state index contributed by atoms with van der Waals surface area (Å²) in [5.41, 5.74) is 8.98. The summed E-state index contributed by atoms with van der Waals surface area (Å²) < 4.78 is 0. The third kappa shape index (κ3) is 3.31. The van der Waals surface area contributed by atoms with Crippen molar-refractivity contribution in [3.8, 4) is 0 Å². The van der Waals surface area contributed by atoms with Crippen molar-refractivity contribution in [2.45, 2.75) is 13.5 Å². The van der Waals surface area contributed by atoms with Gasteiger partial charge in [0.15, 0.2) is 0 Å². The average Bonchev–Trinajstić information content (AvgIpc) is 2.43. The summed E-state index contributed by atoms with van der Waals surface area (Å²) in [6.45, 7) is 2.59. The van der Waals surface area contributed by atoms with E-state index in [9.17, 15) is 4.79 Å². The summed E-state index contributed by atoms with van der Waals surface area (Å²) in [7, 11) is 1.77. The van der Waals surface area contributed by atoms with Gasteiger partial charge in [0, 0.05) is 19.2 Å². The van der Waals surface area contributed by atoms with Crippen LogP contribution in [0.15, 0.2) is 42.5 Å². The molecule has 0 aliphatic carbocycles. The Kier molecular flexibility index (Phi) is 4.30. The number of nitrogens with two attached hydrogens (primary N) is 1. The van der Waals surface area contributed by atoms with E-state index in [1.165, 1.54) is 5.56 Å². The highest BCUT2D eigenvalue weighted by atomic mass is 35.5. The van der Waals surface area contributed by atoms with Crippen molar-refractivity contribution in [2.75, 3.05) is 12.8 Å². The number of anilines is 1. The largest absolute Gasteiger partial charge is 0.398 e. The molecular weight excluding hydrogens is 272 g/mol. The first-order valence-corrected chi connectivity index (χ1v) is 6.71. The van der Waals surface area contributed by atoms with Crippen molar-refractivity contribution in [3.05, 3.63) is 64.2 Å². The molecule has 20 heavy (non-hydrogen) atoms. The predicted molar refractivity (Wildman–Crippen MR) is 82.8 cm³/mol. The van der Waals surface area contributed by atoms with Crippen LogP contribution in [0.2, 0.25) is 5.02 Å². The van der Waals surface area contributed by atoms with Gasteiger partial charge in [-0.25, -0.2) is 0 Å². The van der Waals surface area contributed by atoms with E-state index in [1.54, 1.807) is 30.1 Å². The van der Waals surface area contributed by atoms with Crippen molar-refractivity contribution >= 4 is 23.2 Å². The van der Waals surface area contributed by atoms with Crippen LogP contribution in [0.4, 0.5) is 5.69 Å². The molecule has 4 heteroatoms. The monoisotopic (exact) mass is 288 g/mol. The zero-order valence-electron chi connectivity index (χ0n) is 11.6. The lowest BCUT2D eigenvalue weighted by atomic mass is 10.1. The third-order valence-corrected chi connectivity index (χ3v) is 3.47. The van der Waals surface area contributed by atoms with Crippen molar-refractivity contribution in [1.29, 1.82) is 0 Å². The van der Waals surface area contributed by atoms with Crippen LogP contribution in [0.5, 0.6) is 0 Å². The summed E-state index contributed by atoms with van der Waals surface area (Å²) in [4.78, 5) is 14.0. The number of nitrogens with zero attached hydrogens (tertiary/aromatic N) is 1. The van der Waals surface area contributed by atoms with Crippen molar-refractivity contribution in [3.63, 3.8) is 0 Å². The summed E-state index contributed by atoms with van der Waals surface area (Å²) in [5, 5.41) is 0.461. The number of rotatable bonds is 3. The van der Waals surface area contributed by atoms with Gasteiger partial charge in [-0.2, -0.15) is 0 Å². The van der Waals surface area contributed by atoms with Gasteiger partial charge in [-0.15, -0.1) is 0 Å². The van der Waals surface area contributed by atoms with Crippen LogP contribution in [0.1, 0.15) is 21.5 Å². The number of carbonyl (C=O) groups excluding carboxylic acids is 1. The van der Waals surface area contributed by atoms with E-state index in [0.717, 1.165) is 5.56 Å². The molecule has 0 aliphatic rings. The normalized spacial score (nSPS) is 10.3. The van der Waals surface area contributed by atoms with E-state index in [2.05, 4.69) is 0 Å². The molecule has 0 saturated heterocycles. The number of carbonyl (C=O) groups is 1. The summed E-state index contributed by atoms with van der Waals surface area (Å²) in [6.07, 6.45) is 0. The predicted octanol–water partition coefficient (Wildman–Crippen LogP) is 3.50. The van der Waals surface area contributed by atoms with Gasteiger partial charge < -0.3 is 10.6 Å². The Labute approximate surface area is 124 Å². The fourth-order valence-electron chi connectivity index (χ4n) is 1.94. The second kappa shape index (κ2) is 5.97. The van der Waals surface area contributed by atoms with E-state index in [4.69, 9.17) is 17.3 Å². The zero-order valence-corrected chi connectivity index (χ0v) is 12.3. The van der Waals surface area contributed by atoms with Crippen LogP contribution < -0.4 is 5.73 Å². The Morgan fingerprint density at radius 2 is 1.85 bits per heavy atom. The van der Waals surface area contributed by atoms with Gasteiger partial charge in [-0.05, 0) is 30.7 Å². The van der Waals surface area contributed by atoms with Gasteiger partial charge in [0.2, 0.25) is 0 Å². The molecule has 0 saturated carbocycles. The second-order valence-corrected chi connectivity index (χ2v) is 5.29. The molecule has 0 fully saturated rings. The fourth-order valence-corrected chi connectivity index (χ4v) is 2.05. The topological polar surface area (TPSA) is 46.3 Å². The highest BCUT2D eigenvalue weighted by molar-refractivity contribution is 6.33. The van der Waals surface area contributed by atoms with Gasteiger partial charge in [0.1, 0.15) is 0 Å². The van der Waals surface area contributed by atoms with Gasteiger partial charge in [-0.3, -0.25) is 4.79 Å². The van der Waals surface area contributed by atoms with Crippen LogP contribution in [-0.2, 0) is 6.54 Å². The van der Waals surface area contributed by atoms with E-state index in [1.807, 2.05) is 31.2 Å². The Hall–Kier alpha value is -2.00. The van der Waals surface area contributed by atoms with Crippen LogP contribution in [0.3, 0.4) is 0 Å². The van der Waals surface area contributed by atoms with Gasteiger partial charge in [-0.1, -0.05) is 41.4 Å². The Morgan fingerprint density at radius 3 is 2.45 bits per heavy atom. The fraction of sp³-hybridized carbons (Fsp3) is 0.188. The first-order valence-electron chi connectivity index (χ1n) is 6.33. The molecule has 2 rings (SSSR count). The number of benzene rings is 2. The van der Waals surface area contributed by atoms with Crippen LogP contribution in [-0.4, -0.2) is 17.9 Å². The van der Waals surface area contributed by atoms with Crippen molar-refractivity contribution in [2.24, 2.45) is 0 Å². The zero-order chi connectivity index (χ0) is 14.7. The lowest BCUT2D eigenvalue weighted by Crippen LogP contribution is -2.26. The molecule has 2 N–H and O–H groups in total. The smallest absolute Gasteiger partial charge is 0.253 e. The molecule has 0 aliphatic heterocycles. The maximum atomic E-state index is 12.3. The molecule has 0 atom stereocenters. The number of nitrogen functional groups attached to an aromatic ring is 1. The molecule has 0 unspecified atom stereocenters. The van der Waals surface area contributed by atoms with E-state index < -0.39 is 0 Å². The molecule has 2 aromatic rings. The number of hydrogen-bond acceptors (Lipinski definition) is 2. The van der Waals surface area contributed by atoms with E-state index in [0.29, 0.717) is 22.8 Å². The van der Waals surface area contributed by atoms with Crippen LogP contribution >= 0.6 is 11.6 Å². The van der Waals surface area contributed by atoms with E-state index >= 15 is 0 Å². The number of hydrogen-bond donors (Lipinski definition) is 1. The molecule has 0 heterocycles. The van der Waals surface area contributed by atoms with Gasteiger partial charge in [0.05, 0.1) is 10.7 Å². The molecule has 1 amide bonds. The summed E-state index contributed by atoms with van der Waals surface area (Å²) >= 11 is 5.86. The number of amides is 1. The van der Waals surface area contributed by atoms with Crippen LogP contribution in [0, 0.1) is 6.92 Å². The minimum absolute atomic E-state index is 0.0751. The molecule has 3 nitrogen and oxygen atoms in total. The first kappa shape index (κ1) is 14.4. The third-order valence-electron chi connectivity index (χ3n) is 3.13. The quantitative estimate of drug-likeness (QED) is 0.879. The lowest BCUT2D eigenvalue weighted by Gasteiger charge is -2.18. The average molecular weight is 289 g/mol. The first-order chi connectivity index (χ1) is 9.47. The Balaban J connectivity index is 2.11. The number of halogens is 1. The molecule has 104 valence electrons. The summed E-state index contributed by atoms with van der Waals surface area (Å²) in [6, 6.07) is 13.1.